The van der Waals surface area contributed by atoms with Gasteiger partial charge in [-0.3, -0.25) is 19.6 Å². The minimum atomic E-state index is -4.50. The van der Waals surface area contributed by atoms with Gasteiger partial charge in [-0.2, -0.15) is 0 Å². The Bertz CT molecular complexity index is 421. The third-order valence-electron chi connectivity index (χ3n) is 2.79. The van der Waals surface area contributed by atoms with Crippen LogP contribution in [0, 0.1) is 11.3 Å². The highest BCUT2D eigenvalue weighted by Crippen LogP contribution is 2.35. The van der Waals surface area contributed by atoms with Crippen LogP contribution in [0.1, 0.15) is 6.42 Å². The Labute approximate surface area is 111 Å². The molecule has 9 heteroatoms. The summed E-state index contributed by atoms with van der Waals surface area (Å²) in [5.74, 6) is -0.131. The van der Waals surface area contributed by atoms with Crippen molar-refractivity contribution < 1.29 is 23.7 Å². The number of phosphoric ester groups is 1. The summed E-state index contributed by atoms with van der Waals surface area (Å²) in [6.45, 7) is 3.91. The van der Waals surface area contributed by atoms with Crippen LogP contribution in [0.15, 0.2) is 12.7 Å². The molecule has 0 spiro atoms. The molecular weight excluding hydrogens is 273 g/mol. The number of nitrogens with zero attached hydrogens (tertiary/aromatic N) is 2. The number of likely N-dealkylation sites (N-methyl/N-ethyl adjacent to an activating group) is 1. The first kappa shape index (κ1) is 15.8. The van der Waals surface area contributed by atoms with E-state index in [1.807, 2.05) is 0 Å². The van der Waals surface area contributed by atoms with E-state index in [-0.39, 0.29) is 30.9 Å². The van der Waals surface area contributed by atoms with Crippen LogP contribution in [0.2, 0.25) is 0 Å². The van der Waals surface area contributed by atoms with Crippen LogP contribution in [0.25, 0.3) is 0 Å². The van der Waals surface area contributed by atoms with Crippen LogP contribution in [0.3, 0.4) is 0 Å². The number of amides is 1. The molecule has 1 aliphatic rings. The number of nitrogens with one attached hydrogen (secondary N) is 1. The Morgan fingerprint density at radius 1 is 1.74 bits per heavy atom. The molecule has 1 rings (SSSR count). The van der Waals surface area contributed by atoms with Crippen molar-refractivity contribution in [2.75, 3.05) is 26.7 Å². The summed E-state index contributed by atoms with van der Waals surface area (Å²) in [5, 5.41) is 7.87. The van der Waals surface area contributed by atoms with E-state index < -0.39 is 7.82 Å². The van der Waals surface area contributed by atoms with Crippen molar-refractivity contribution in [3.8, 4) is 0 Å². The Balaban J connectivity index is 2.46. The second-order valence-electron chi connectivity index (χ2n) is 4.27. The lowest BCUT2D eigenvalue weighted by atomic mass is 10.1. The Kier molecular flexibility index (Phi) is 5.25. The smallest absolute Gasteiger partial charge is 0.343 e. The van der Waals surface area contributed by atoms with Crippen molar-refractivity contribution >= 4 is 19.7 Å². The molecule has 1 fully saturated rings. The zero-order valence-corrected chi connectivity index (χ0v) is 11.5. The topological polar surface area (TPSA) is 114 Å². The van der Waals surface area contributed by atoms with Gasteiger partial charge < -0.3 is 14.7 Å². The average molecular weight is 291 g/mol. The molecule has 8 nitrogen and oxygen atoms in total. The van der Waals surface area contributed by atoms with Crippen molar-refractivity contribution in [2.24, 2.45) is 5.92 Å². The summed E-state index contributed by atoms with van der Waals surface area (Å²) in [6, 6.07) is 0. The number of rotatable bonds is 5. The van der Waals surface area contributed by atoms with E-state index in [0.717, 1.165) is 0 Å². The molecular formula is C10H18N3O5P. The zero-order chi connectivity index (χ0) is 14.6. The van der Waals surface area contributed by atoms with Gasteiger partial charge in [0.25, 0.3) is 0 Å². The van der Waals surface area contributed by atoms with Gasteiger partial charge in [0.15, 0.2) is 5.96 Å². The number of phosphoric acid groups is 1. The molecule has 1 heterocycles. The van der Waals surface area contributed by atoms with Crippen molar-refractivity contribution in [3.63, 3.8) is 0 Å². The third kappa shape index (κ3) is 4.76. The van der Waals surface area contributed by atoms with E-state index in [0.29, 0.717) is 13.0 Å². The first-order valence-electron chi connectivity index (χ1n) is 5.67. The molecule has 0 aromatic heterocycles. The van der Waals surface area contributed by atoms with Gasteiger partial charge in [0.1, 0.15) is 0 Å². The van der Waals surface area contributed by atoms with Gasteiger partial charge in [-0.25, -0.2) is 4.57 Å². The Morgan fingerprint density at radius 2 is 2.37 bits per heavy atom. The van der Waals surface area contributed by atoms with Crippen LogP contribution >= 0.6 is 7.82 Å². The number of hydrogen-bond acceptors (Lipinski definition) is 4. The molecule has 1 atom stereocenters. The Hall–Kier alpha value is -1.21. The molecule has 1 unspecified atom stereocenters. The normalized spacial score (nSPS) is 19.6. The lowest BCUT2D eigenvalue weighted by Gasteiger charge is -2.26. The lowest BCUT2D eigenvalue weighted by Crippen LogP contribution is -2.43. The largest absolute Gasteiger partial charge is 0.469 e. The van der Waals surface area contributed by atoms with Gasteiger partial charge >= 0.3 is 7.82 Å². The molecule has 0 aromatic carbocycles. The molecule has 3 N–H and O–H groups in total. The fraction of sp³-hybridized carbons (Fsp3) is 0.600. The minimum Gasteiger partial charge on any atom is -0.343 e. The number of carbonyl (C=O) groups excluding carboxylic acids is 1. The second-order valence-corrected chi connectivity index (χ2v) is 5.51. The molecule has 108 valence electrons. The fourth-order valence-electron chi connectivity index (χ4n) is 1.71. The second kappa shape index (κ2) is 6.29. The van der Waals surface area contributed by atoms with Gasteiger partial charge in [0.05, 0.1) is 6.61 Å². The van der Waals surface area contributed by atoms with Crippen molar-refractivity contribution in [2.45, 2.75) is 6.42 Å². The number of hydrogen-bond donors (Lipinski definition) is 3. The van der Waals surface area contributed by atoms with Gasteiger partial charge in [0, 0.05) is 32.5 Å². The van der Waals surface area contributed by atoms with E-state index in [4.69, 9.17) is 15.2 Å². The van der Waals surface area contributed by atoms with Crippen LogP contribution in [-0.4, -0.2) is 58.2 Å². The zero-order valence-electron chi connectivity index (χ0n) is 10.7. The first-order valence-corrected chi connectivity index (χ1v) is 7.20. The van der Waals surface area contributed by atoms with E-state index in [1.54, 1.807) is 13.1 Å². The van der Waals surface area contributed by atoms with E-state index in [9.17, 15) is 9.36 Å². The summed E-state index contributed by atoms with van der Waals surface area (Å²) < 4.78 is 14.8. The molecule has 0 aromatic rings. The SMILES string of the molecule is C=CC1CC(=O)N(C(=N)N(C)CCOP(=O)(O)O)C1. The summed E-state index contributed by atoms with van der Waals surface area (Å²) in [6.07, 6.45) is 2.01. The molecule has 0 aliphatic carbocycles. The maximum atomic E-state index is 11.7. The predicted octanol–water partition coefficient (Wildman–Crippen LogP) is -0.00323. The highest BCUT2D eigenvalue weighted by Gasteiger charge is 2.31. The van der Waals surface area contributed by atoms with Crippen LogP contribution in [0.5, 0.6) is 0 Å². The van der Waals surface area contributed by atoms with Crippen molar-refractivity contribution in [3.05, 3.63) is 12.7 Å². The monoisotopic (exact) mass is 291 g/mol. The third-order valence-corrected chi connectivity index (χ3v) is 3.31. The van der Waals surface area contributed by atoms with Gasteiger partial charge in [-0.15, -0.1) is 6.58 Å². The number of carbonyl (C=O) groups is 1. The summed E-state index contributed by atoms with van der Waals surface area (Å²) in [4.78, 5) is 31.5. The maximum Gasteiger partial charge on any atom is 0.469 e. The van der Waals surface area contributed by atoms with Gasteiger partial charge in [-0.1, -0.05) is 6.08 Å². The average Bonchev–Trinajstić information content (AvgIpc) is 2.67. The van der Waals surface area contributed by atoms with Crippen LogP contribution < -0.4 is 0 Å². The standard InChI is InChI=1S/C10H18N3O5P/c1-3-8-6-9(14)13(7-8)10(11)12(2)4-5-18-19(15,16)17/h3,8,11H,1,4-7H2,2H3,(H2,15,16,17). The van der Waals surface area contributed by atoms with Crippen LogP contribution in [-0.2, 0) is 13.9 Å². The number of guanidine groups is 1. The number of likely N-dealkylation sites (tertiary alicyclic amines) is 1. The minimum absolute atomic E-state index is 0.0105. The molecule has 0 saturated carbocycles. The van der Waals surface area contributed by atoms with Crippen LogP contribution in [0.4, 0.5) is 0 Å². The van der Waals surface area contributed by atoms with E-state index >= 15 is 0 Å². The summed E-state index contributed by atoms with van der Waals surface area (Å²) in [7, 11) is -2.94. The highest BCUT2D eigenvalue weighted by atomic mass is 31.2. The molecule has 0 radical (unpaired) electrons. The Morgan fingerprint density at radius 3 is 2.84 bits per heavy atom. The maximum absolute atomic E-state index is 11.7. The van der Waals surface area contributed by atoms with Gasteiger partial charge in [0.2, 0.25) is 5.91 Å². The fourth-order valence-corrected chi connectivity index (χ4v) is 2.03. The van der Waals surface area contributed by atoms with Crippen molar-refractivity contribution in [1.82, 2.24) is 9.80 Å². The quantitative estimate of drug-likeness (QED) is 0.284. The first-order chi connectivity index (χ1) is 8.74. The molecule has 0 bridgehead atoms. The predicted molar refractivity (Wildman–Crippen MR) is 68.4 cm³/mol. The van der Waals surface area contributed by atoms with E-state index in [2.05, 4.69) is 11.1 Å². The molecule has 19 heavy (non-hydrogen) atoms. The highest BCUT2D eigenvalue weighted by molar-refractivity contribution is 7.46. The van der Waals surface area contributed by atoms with Crippen molar-refractivity contribution in [1.29, 1.82) is 5.41 Å². The van der Waals surface area contributed by atoms with E-state index in [1.165, 1.54) is 9.80 Å². The summed E-state index contributed by atoms with van der Waals surface area (Å²) in [5.41, 5.74) is 0. The summed E-state index contributed by atoms with van der Waals surface area (Å²) >= 11 is 0. The van der Waals surface area contributed by atoms with Gasteiger partial charge in [-0.05, 0) is 0 Å². The molecule has 1 amide bonds. The molecule has 1 saturated heterocycles. The molecule has 1 aliphatic heterocycles. The lowest BCUT2D eigenvalue weighted by molar-refractivity contribution is -0.124.